The predicted molar refractivity (Wildman–Crippen MR) is 53.5 cm³/mol. The number of rotatable bonds is 4. The molecule has 0 radical (unpaired) electrons. The zero-order valence-corrected chi connectivity index (χ0v) is 8.33. The molecule has 0 aliphatic heterocycles. The number of aliphatic hydroxyl groups is 1. The van der Waals surface area contributed by atoms with Crippen molar-refractivity contribution in [1.82, 2.24) is 4.98 Å². The molecule has 2 heteroatoms. The average Bonchev–Trinajstić information content (AvgIpc) is 2.04. The van der Waals surface area contributed by atoms with Crippen molar-refractivity contribution in [1.29, 1.82) is 0 Å². The highest BCUT2D eigenvalue weighted by Crippen LogP contribution is 2.16. The molecular weight excluding hydrogens is 162 g/mol. The molecule has 1 heterocycles. The van der Waals surface area contributed by atoms with E-state index in [1.807, 2.05) is 25.1 Å². The van der Waals surface area contributed by atoms with E-state index in [2.05, 4.69) is 11.9 Å². The number of hydrogen-bond donors (Lipinski definition) is 1. The Hall–Kier alpha value is -0.890. The van der Waals surface area contributed by atoms with Gasteiger partial charge in [-0.05, 0) is 25.5 Å². The number of nitrogens with zero attached hydrogens (tertiary/aromatic N) is 1. The predicted octanol–water partition coefficient (Wildman–Crippen LogP) is 2.18. The van der Waals surface area contributed by atoms with Crippen molar-refractivity contribution in [3.63, 3.8) is 0 Å². The molecule has 0 amide bonds. The van der Waals surface area contributed by atoms with Crippen LogP contribution in [0.15, 0.2) is 24.4 Å². The van der Waals surface area contributed by atoms with Crippen LogP contribution in [-0.2, 0) is 6.42 Å². The van der Waals surface area contributed by atoms with E-state index in [-0.39, 0.29) is 0 Å². The second-order valence-electron chi connectivity index (χ2n) is 3.74. The first-order valence-electron chi connectivity index (χ1n) is 4.76. The Kier molecular flexibility index (Phi) is 3.43. The highest BCUT2D eigenvalue weighted by molar-refractivity contribution is 5.06. The summed E-state index contributed by atoms with van der Waals surface area (Å²) in [6.45, 7) is 3.94. The van der Waals surface area contributed by atoms with Gasteiger partial charge in [-0.3, -0.25) is 4.98 Å². The molecule has 1 unspecified atom stereocenters. The summed E-state index contributed by atoms with van der Waals surface area (Å²) in [5.41, 5.74) is 0.351. The molecule has 2 nitrogen and oxygen atoms in total. The Balaban J connectivity index is 2.58. The first-order chi connectivity index (χ1) is 6.14. The van der Waals surface area contributed by atoms with E-state index >= 15 is 0 Å². The van der Waals surface area contributed by atoms with Crippen molar-refractivity contribution >= 4 is 0 Å². The van der Waals surface area contributed by atoms with Crippen LogP contribution in [0, 0.1) is 0 Å². The van der Waals surface area contributed by atoms with Crippen molar-refractivity contribution in [3.05, 3.63) is 30.1 Å². The van der Waals surface area contributed by atoms with Gasteiger partial charge in [0, 0.05) is 18.3 Å². The zero-order chi connectivity index (χ0) is 9.73. The molecular formula is C11H17NO. The third-order valence-corrected chi connectivity index (χ3v) is 2.08. The molecule has 0 fully saturated rings. The van der Waals surface area contributed by atoms with Crippen LogP contribution in [0.3, 0.4) is 0 Å². The molecule has 1 rings (SSSR count). The second-order valence-corrected chi connectivity index (χ2v) is 3.74. The summed E-state index contributed by atoms with van der Waals surface area (Å²) >= 11 is 0. The fourth-order valence-electron chi connectivity index (χ4n) is 1.52. The van der Waals surface area contributed by atoms with Crippen molar-refractivity contribution in [3.8, 4) is 0 Å². The van der Waals surface area contributed by atoms with Gasteiger partial charge in [-0.15, -0.1) is 0 Å². The lowest BCUT2D eigenvalue weighted by molar-refractivity contribution is 0.0496. The van der Waals surface area contributed by atoms with Crippen molar-refractivity contribution in [2.24, 2.45) is 0 Å². The van der Waals surface area contributed by atoms with E-state index in [1.54, 1.807) is 6.20 Å². The van der Waals surface area contributed by atoms with Gasteiger partial charge in [0.05, 0.1) is 5.60 Å². The maximum absolute atomic E-state index is 9.93. The fraction of sp³-hybridized carbons (Fsp3) is 0.545. The summed E-state index contributed by atoms with van der Waals surface area (Å²) < 4.78 is 0. The molecule has 1 N–H and O–H groups in total. The summed E-state index contributed by atoms with van der Waals surface area (Å²) in [4.78, 5) is 4.19. The third-order valence-electron chi connectivity index (χ3n) is 2.08. The lowest BCUT2D eigenvalue weighted by Crippen LogP contribution is -2.27. The van der Waals surface area contributed by atoms with Crippen molar-refractivity contribution in [2.75, 3.05) is 0 Å². The van der Waals surface area contributed by atoms with Crippen LogP contribution in [0.2, 0.25) is 0 Å². The summed E-state index contributed by atoms with van der Waals surface area (Å²) in [6.07, 6.45) is 4.22. The molecule has 0 saturated heterocycles. The Labute approximate surface area is 79.6 Å². The maximum atomic E-state index is 9.93. The lowest BCUT2D eigenvalue weighted by Gasteiger charge is -2.21. The van der Waals surface area contributed by atoms with Crippen LogP contribution in [-0.4, -0.2) is 15.7 Å². The molecule has 0 aliphatic rings. The highest BCUT2D eigenvalue weighted by atomic mass is 16.3. The molecule has 0 aliphatic carbocycles. The zero-order valence-electron chi connectivity index (χ0n) is 8.33. The van der Waals surface area contributed by atoms with E-state index in [4.69, 9.17) is 0 Å². The Bertz CT molecular complexity index is 244. The average molecular weight is 179 g/mol. The lowest BCUT2D eigenvalue weighted by atomic mass is 9.95. The van der Waals surface area contributed by atoms with Crippen LogP contribution >= 0.6 is 0 Å². The van der Waals surface area contributed by atoms with Gasteiger partial charge < -0.3 is 5.11 Å². The third kappa shape index (κ3) is 3.55. The first kappa shape index (κ1) is 10.2. The molecule has 0 saturated carbocycles. The molecule has 1 aromatic heterocycles. The molecule has 1 atom stereocenters. The fourth-order valence-corrected chi connectivity index (χ4v) is 1.52. The largest absolute Gasteiger partial charge is 0.390 e. The highest BCUT2D eigenvalue weighted by Gasteiger charge is 2.19. The first-order valence-corrected chi connectivity index (χ1v) is 4.76. The van der Waals surface area contributed by atoms with Crippen molar-refractivity contribution < 1.29 is 5.11 Å². The summed E-state index contributed by atoms with van der Waals surface area (Å²) in [6, 6.07) is 5.78. The number of aromatic nitrogens is 1. The summed E-state index contributed by atoms with van der Waals surface area (Å²) in [5.74, 6) is 0. The van der Waals surface area contributed by atoms with Crippen LogP contribution in [0.1, 0.15) is 32.4 Å². The molecule has 13 heavy (non-hydrogen) atoms. The molecule has 72 valence electrons. The van der Waals surface area contributed by atoms with Gasteiger partial charge in [0.15, 0.2) is 0 Å². The van der Waals surface area contributed by atoms with E-state index < -0.39 is 5.60 Å². The van der Waals surface area contributed by atoms with Crippen LogP contribution in [0.5, 0.6) is 0 Å². The number of hydrogen-bond acceptors (Lipinski definition) is 2. The van der Waals surface area contributed by atoms with Gasteiger partial charge >= 0.3 is 0 Å². The quantitative estimate of drug-likeness (QED) is 0.768. The van der Waals surface area contributed by atoms with Crippen LogP contribution in [0.25, 0.3) is 0 Å². The van der Waals surface area contributed by atoms with Gasteiger partial charge in [0.2, 0.25) is 0 Å². The number of pyridine rings is 1. The van der Waals surface area contributed by atoms with Gasteiger partial charge in [0.25, 0.3) is 0 Å². The SMILES string of the molecule is CCCC(C)(O)Cc1ccccn1. The Morgan fingerprint density at radius 2 is 2.23 bits per heavy atom. The second kappa shape index (κ2) is 4.38. The van der Waals surface area contributed by atoms with Gasteiger partial charge in [0.1, 0.15) is 0 Å². The summed E-state index contributed by atoms with van der Waals surface area (Å²) in [5, 5.41) is 9.93. The monoisotopic (exact) mass is 179 g/mol. The summed E-state index contributed by atoms with van der Waals surface area (Å²) in [7, 11) is 0. The van der Waals surface area contributed by atoms with Gasteiger partial charge in [-0.1, -0.05) is 19.4 Å². The molecule has 0 aromatic carbocycles. The van der Waals surface area contributed by atoms with Gasteiger partial charge in [-0.25, -0.2) is 0 Å². The Morgan fingerprint density at radius 1 is 1.46 bits per heavy atom. The minimum atomic E-state index is -0.608. The van der Waals surface area contributed by atoms with E-state index in [0.29, 0.717) is 6.42 Å². The molecule has 0 spiro atoms. The molecule has 1 aromatic rings. The van der Waals surface area contributed by atoms with E-state index in [9.17, 15) is 5.11 Å². The maximum Gasteiger partial charge on any atom is 0.0674 e. The molecule has 0 bridgehead atoms. The Morgan fingerprint density at radius 3 is 2.77 bits per heavy atom. The van der Waals surface area contributed by atoms with Crippen molar-refractivity contribution in [2.45, 2.75) is 38.7 Å². The minimum absolute atomic E-state index is 0.608. The van der Waals surface area contributed by atoms with Gasteiger partial charge in [-0.2, -0.15) is 0 Å². The smallest absolute Gasteiger partial charge is 0.0674 e. The normalized spacial score (nSPS) is 15.3. The van der Waals surface area contributed by atoms with Crippen LogP contribution < -0.4 is 0 Å². The minimum Gasteiger partial charge on any atom is -0.390 e. The van der Waals surface area contributed by atoms with E-state index in [1.165, 1.54) is 0 Å². The van der Waals surface area contributed by atoms with E-state index in [0.717, 1.165) is 18.5 Å². The topological polar surface area (TPSA) is 33.1 Å². The standard InChI is InChI=1S/C11H17NO/c1-3-7-11(2,13)9-10-6-4-5-8-12-10/h4-6,8,13H,3,7,9H2,1-2H3. The van der Waals surface area contributed by atoms with Crippen LogP contribution in [0.4, 0.5) is 0 Å².